The Hall–Kier alpha value is -2.92. The van der Waals surface area contributed by atoms with Crippen molar-refractivity contribution < 1.29 is 14.4 Å². The zero-order valence-corrected chi connectivity index (χ0v) is 18.0. The quantitative estimate of drug-likeness (QED) is 0.744. The van der Waals surface area contributed by atoms with Crippen molar-refractivity contribution in [1.29, 1.82) is 5.26 Å². The van der Waals surface area contributed by atoms with Crippen molar-refractivity contribution >= 4 is 17.8 Å². The normalized spacial score (nSPS) is 26.8. The van der Waals surface area contributed by atoms with Crippen molar-refractivity contribution in [1.82, 2.24) is 20.0 Å². The Labute approximate surface area is 182 Å². The predicted molar refractivity (Wildman–Crippen MR) is 114 cm³/mol. The fourth-order valence-electron chi connectivity index (χ4n) is 4.97. The number of hydrogen-bond donors (Lipinski definition) is 1. The van der Waals surface area contributed by atoms with E-state index in [0.29, 0.717) is 25.1 Å². The monoisotopic (exact) mass is 423 g/mol. The fourth-order valence-corrected chi connectivity index (χ4v) is 4.97. The Morgan fingerprint density at radius 3 is 2.52 bits per heavy atom. The van der Waals surface area contributed by atoms with Crippen LogP contribution in [0.15, 0.2) is 24.3 Å². The highest BCUT2D eigenvalue weighted by Gasteiger charge is 2.55. The van der Waals surface area contributed by atoms with Gasteiger partial charge in [0.2, 0.25) is 5.91 Å². The summed E-state index contributed by atoms with van der Waals surface area (Å²) in [4.78, 5) is 43.5. The van der Waals surface area contributed by atoms with Gasteiger partial charge in [0.05, 0.1) is 11.6 Å². The van der Waals surface area contributed by atoms with Crippen LogP contribution in [0.3, 0.4) is 0 Å². The molecule has 2 saturated heterocycles. The summed E-state index contributed by atoms with van der Waals surface area (Å²) in [5, 5.41) is 11.8. The standard InChI is InChI=1S/C23H29N5O3/c1-17-4-2-3-9-23(17)21(30)28(22(31)25-23)16-20(29)27-12-10-26(11-13-27)15-19-7-5-18(14-24)6-8-19/h5-8,17H,2-4,9-13,15-16H2,1H3,(H,25,31)/t17-,23-/m0/s1. The number of urea groups is 1. The molecule has 0 aromatic heterocycles. The van der Waals surface area contributed by atoms with E-state index in [2.05, 4.69) is 16.3 Å². The van der Waals surface area contributed by atoms with Gasteiger partial charge >= 0.3 is 6.03 Å². The molecule has 8 nitrogen and oxygen atoms in total. The van der Waals surface area contributed by atoms with Crippen LogP contribution >= 0.6 is 0 Å². The number of carbonyl (C=O) groups is 3. The zero-order valence-electron chi connectivity index (χ0n) is 18.0. The Bertz CT molecular complexity index is 901. The van der Waals surface area contributed by atoms with E-state index in [1.807, 2.05) is 31.2 Å². The van der Waals surface area contributed by atoms with Crippen LogP contribution < -0.4 is 5.32 Å². The molecule has 1 aromatic rings. The molecule has 3 fully saturated rings. The highest BCUT2D eigenvalue weighted by molar-refractivity contribution is 6.09. The molecule has 1 saturated carbocycles. The van der Waals surface area contributed by atoms with E-state index in [0.717, 1.165) is 49.4 Å². The van der Waals surface area contributed by atoms with E-state index in [9.17, 15) is 14.4 Å². The number of nitrogens with zero attached hydrogens (tertiary/aromatic N) is 4. The average Bonchev–Trinajstić information content (AvgIpc) is 3.01. The summed E-state index contributed by atoms with van der Waals surface area (Å²) < 4.78 is 0. The number of amides is 4. The highest BCUT2D eigenvalue weighted by atomic mass is 16.2. The van der Waals surface area contributed by atoms with Crippen molar-refractivity contribution in [2.24, 2.45) is 5.92 Å². The van der Waals surface area contributed by atoms with E-state index in [1.165, 1.54) is 0 Å². The molecule has 2 atom stereocenters. The second kappa shape index (κ2) is 8.67. The summed E-state index contributed by atoms with van der Waals surface area (Å²) in [6.07, 6.45) is 3.55. The fraction of sp³-hybridized carbons (Fsp3) is 0.565. The summed E-state index contributed by atoms with van der Waals surface area (Å²) >= 11 is 0. The third-order valence-electron chi connectivity index (χ3n) is 7.01. The topological polar surface area (TPSA) is 96.8 Å². The van der Waals surface area contributed by atoms with Crippen molar-refractivity contribution in [3.63, 3.8) is 0 Å². The number of rotatable bonds is 4. The number of carbonyl (C=O) groups excluding carboxylic acids is 3. The van der Waals surface area contributed by atoms with E-state index in [1.54, 1.807) is 4.90 Å². The molecular weight excluding hydrogens is 394 g/mol. The van der Waals surface area contributed by atoms with Gasteiger partial charge in [0.1, 0.15) is 12.1 Å². The lowest BCUT2D eigenvalue weighted by molar-refractivity contribution is -0.141. The number of piperazine rings is 1. The lowest BCUT2D eigenvalue weighted by atomic mass is 9.73. The van der Waals surface area contributed by atoms with Crippen LogP contribution in [0.1, 0.15) is 43.7 Å². The summed E-state index contributed by atoms with van der Waals surface area (Å²) in [5.41, 5.74) is 0.948. The smallest absolute Gasteiger partial charge is 0.325 e. The van der Waals surface area contributed by atoms with Gasteiger partial charge in [-0.05, 0) is 36.5 Å². The first-order chi connectivity index (χ1) is 14.9. The third kappa shape index (κ3) is 4.15. The number of nitriles is 1. The highest BCUT2D eigenvalue weighted by Crippen LogP contribution is 2.38. The number of nitrogens with one attached hydrogen (secondary N) is 1. The van der Waals surface area contributed by atoms with Crippen LogP contribution in [0.2, 0.25) is 0 Å². The molecule has 1 N–H and O–H groups in total. The average molecular weight is 424 g/mol. The van der Waals surface area contributed by atoms with Gasteiger partial charge in [-0.3, -0.25) is 19.4 Å². The van der Waals surface area contributed by atoms with Crippen LogP contribution in [0, 0.1) is 17.2 Å². The maximum Gasteiger partial charge on any atom is 0.325 e. The summed E-state index contributed by atoms with van der Waals surface area (Å²) in [5.74, 6) is -0.330. The van der Waals surface area contributed by atoms with Gasteiger partial charge < -0.3 is 10.2 Å². The van der Waals surface area contributed by atoms with Crippen LogP contribution in [-0.4, -0.2) is 70.8 Å². The molecule has 2 heterocycles. The lowest BCUT2D eigenvalue weighted by Gasteiger charge is -2.37. The van der Waals surface area contributed by atoms with Crippen molar-refractivity contribution in [3.8, 4) is 6.07 Å². The molecule has 8 heteroatoms. The van der Waals surface area contributed by atoms with Gasteiger partial charge in [-0.2, -0.15) is 5.26 Å². The maximum absolute atomic E-state index is 13.1. The molecule has 4 amide bonds. The van der Waals surface area contributed by atoms with Gasteiger partial charge in [0.15, 0.2) is 0 Å². The zero-order chi connectivity index (χ0) is 22.0. The molecule has 1 aromatic carbocycles. The Balaban J connectivity index is 1.30. The van der Waals surface area contributed by atoms with Gasteiger partial charge in [0.25, 0.3) is 5.91 Å². The summed E-state index contributed by atoms with van der Waals surface area (Å²) in [6.45, 7) is 5.19. The summed E-state index contributed by atoms with van der Waals surface area (Å²) in [6, 6.07) is 9.21. The Morgan fingerprint density at radius 2 is 1.87 bits per heavy atom. The molecule has 4 rings (SSSR count). The summed E-state index contributed by atoms with van der Waals surface area (Å²) in [7, 11) is 0. The predicted octanol–water partition coefficient (Wildman–Crippen LogP) is 1.70. The molecular formula is C23H29N5O3. The van der Waals surface area contributed by atoms with Crippen molar-refractivity contribution in [2.75, 3.05) is 32.7 Å². The van der Waals surface area contributed by atoms with Crippen molar-refractivity contribution in [2.45, 2.75) is 44.7 Å². The lowest BCUT2D eigenvalue weighted by Crippen LogP contribution is -2.54. The van der Waals surface area contributed by atoms with Gasteiger partial charge in [-0.15, -0.1) is 0 Å². The molecule has 164 valence electrons. The number of hydrogen-bond acceptors (Lipinski definition) is 5. The molecule has 1 spiro atoms. The van der Waals surface area contributed by atoms with E-state index in [4.69, 9.17) is 5.26 Å². The number of imide groups is 1. The minimum absolute atomic E-state index is 0.0866. The first-order valence-corrected chi connectivity index (χ1v) is 11.1. The minimum Gasteiger partial charge on any atom is -0.339 e. The Kier molecular flexibility index (Phi) is 5.96. The molecule has 31 heavy (non-hydrogen) atoms. The third-order valence-corrected chi connectivity index (χ3v) is 7.01. The Morgan fingerprint density at radius 1 is 1.16 bits per heavy atom. The van der Waals surface area contributed by atoms with Gasteiger partial charge in [0, 0.05) is 32.7 Å². The molecule has 3 aliphatic rings. The van der Waals surface area contributed by atoms with Crippen LogP contribution in [0.4, 0.5) is 4.79 Å². The van der Waals surface area contributed by atoms with Crippen molar-refractivity contribution in [3.05, 3.63) is 35.4 Å². The largest absolute Gasteiger partial charge is 0.339 e. The van der Waals surface area contributed by atoms with E-state index >= 15 is 0 Å². The molecule has 0 bridgehead atoms. The molecule has 0 radical (unpaired) electrons. The maximum atomic E-state index is 13.1. The molecule has 2 aliphatic heterocycles. The van der Waals surface area contributed by atoms with E-state index < -0.39 is 11.6 Å². The second-order valence-electron chi connectivity index (χ2n) is 8.91. The van der Waals surface area contributed by atoms with Crippen LogP contribution in [0.5, 0.6) is 0 Å². The van der Waals surface area contributed by atoms with Crippen LogP contribution in [-0.2, 0) is 16.1 Å². The van der Waals surface area contributed by atoms with Crippen LogP contribution in [0.25, 0.3) is 0 Å². The van der Waals surface area contributed by atoms with Gasteiger partial charge in [-0.25, -0.2) is 4.79 Å². The minimum atomic E-state index is -0.824. The molecule has 0 unspecified atom stereocenters. The SMILES string of the molecule is C[C@H]1CCCC[C@]12NC(=O)N(CC(=O)N1CCN(Cc3ccc(C#N)cc3)CC1)C2=O. The first kappa shape index (κ1) is 21.3. The number of benzene rings is 1. The van der Waals surface area contributed by atoms with Gasteiger partial charge in [-0.1, -0.05) is 31.9 Å². The molecule has 1 aliphatic carbocycles. The van der Waals surface area contributed by atoms with E-state index in [-0.39, 0.29) is 24.3 Å². The second-order valence-corrected chi connectivity index (χ2v) is 8.91. The first-order valence-electron chi connectivity index (χ1n) is 11.1.